The van der Waals surface area contributed by atoms with Gasteiger partial charge < -0.3 is 14.2 Å². The van der Waals surface area contributed by atoms with Crippen molar-refractivity contribution in [1.29, 1.82) is 0 Å². The predicted molar refractivity (Wildman–Crippen MR) is 152 cm³/mol. The van der Waals surface area contributed by atoms with Crippen molar-refractivity contribution < 1.29 is 23.8 Å². The molecule has 1 aliphatic rings. The fourth-order valence-electron chi connectivity index (χ4n) is 4.01. The minimum absolute atomic E-state index is 0.0944. The molecule has 0 amide bonds. The lowest BCUT2D eigenvalue weighted by Gasteiger charge is -2.19. The first-order valence-electron chi connectivity index (χ1n) is 13.0. The summed E-state index contributed by atoms with van der Waals surface area (Å²) < 4.78 is 18.6. The molecule has 40 heavy (non-hydrogen) atoms. The van der Waals surface area contributed by atoms with E-state index in [4.69, 9.17) is 14.2 Å². The van der Waals surface area contributed by atoms with Crippen molar-refractivity contribution in [2.75, 3.05) is 6.61 Å². The molecule has 1 aliphatic heterocycles. The lowest BCUT2D eigenvalue weighted by atomic mass is 10.1. The summed E-state index contributed by atoms with van der Waals surface area (Å²) in [5.74, 6) is 1.76. The monoisotopic (exact) mass is 560 g/mol. The highest BCUT2D eigenvalue weighted by molar-refractivity contribution is 6.83. The maximum Gasteiger partial charge on any atom is 0.338 e. The smallest absolute Gasteiger partial charge is 0.338 e. The number of hydrogen-bond donors (Lipinski definition) is 1. The molecule has 0 aliphatic carbocycles. The van der Waals surface area contributed by atoms with E-state index in [1.54, 1.807) is 48.5 Å². The van der Waals surface area contributed by atoms with Gasteiger partial charge >= 0.3 is 17.6 Å². The zero-order chi connectivity index (χ0) is 29.0. The van der Waals surface area contributed by atoms with Crippen LogP contribution < -0.4 is 11.2 Å². The lowest BCUT2D eigenvalue weighted by molar-refractivity contribution is -0.0582. The van der Waals surface area contributed by atoms with E-state index in [1.807, 2.05) is 33.5 Å². The number of carbonyl (C=O) groups is 2. The SMILES string of the molecule is Cc1ccc(C(=O)OC[C@@H]2O[C@H](n3cc(C#C[Si](C)(C)C)c(=O)[nH]c3=O)CC2OC(=O)c2ccc(C)cc2)cc1. The van der Waals surface area contributed by atoms with Crippen molar-refractivity contribution in [2.24, 2.45) is 0 Å². The summed E-state index contributed by atoms with van der Waals surface area (Å²) >= 11 is 0. The van der Waals surface area contributed by atoms with E-state index < -0.39 is 49.7 Å². The van der Waals surface area contributed by atoms with E-state index in [-0.39, 0.29) is 18.6 Å². The first-order chi connectivity index (χ1) is 18.9. The summed E-state index contributed by atoms with van der Waals surface area (Å²) in [5, 5.41) is 0. The van der Waals surface area contributed by atoms with Crippen molar-refractivity contribution in [3.05, 3.63) is 103 Å². The van der Waals surface area contributed by atoms with Gasteiger partial charge in [0, 0.05) is 12.6 Å². The highest BCUT2D eigenvalue weighted by atomic mass is 28.3. The molecule has 0 spiro atoms. The Labute approximate surface area is 233 Å². The summed E-state index contributed by atoms with van der Waals surface area (Å²) in [4.78, 5) is 53.0. The maximum absolute atomic E-state index is 12.9. The summed E-state index contributed by atoms with van der Waals surface area (Å²) in [6.07, 6.45) is -1.13. The molecule has 3 aromatic rings. The Morgan fingerprint density at radius 1 is 0.975 bits per heavy atom. The number of carbonyl (C=O) groups excluding carboxylic acids is 2. The molecule has 2 heterocycles. The third kappa shape index (κ3) is 7.25. The van der Waals surface area contributed by atoms with Gasteiger partial charge in [-0.25, -0.2) is 14.4 Å². The topological polar surface area (TPSA) is 117 Å². The van der Waals surface area contributed by atoms with Crippen LogP contribution in [0.15, 0.2) is 64.3 Å². The molecular formula is C30H32N2O7Si. The molecule has 1 aromatic heterocycles. The van der Waals surface area contributed by atoms with Gasteiger partial charge in [-0.15, -0.1) is 5.54 Å². The van der Waals surface area contributed by atoms with Gasteiger partial charge in [0.05, 0.1) is 11.1 Å². The number of rotatable bonds is 6. The Hall–Kier alpha value is -4.20. The fraction of sp³-hybridized carbons (Fsp3) is 0.333. The largest absolute Gasteiger partial charge is 0.459 e. The number of aryl methyl sites for hydroxylation is 2. The Morgan fingerprint density at radius 3 is 2.12 bits per heavy atom. The molecule has 9 nitrogen and oxygen atoms in total. The lowest BCUT2D eigenvalue weighted by Crippen LogP contribution is -2.34. The van der Waals surface area contributed by atoms with Gasteiger partial charge in [-0.1, -0.05) is 61.0 Å². The first kappa shape index (κ1) is 28.8. The van der Waals surface area contributed by atoms with Crippen LogP contribution >= 0.6 is 0 Å². The van der Waals surface area contributed by atoms with Crippen LogP contribution in [0.3, 0.4) is 0 Å². The number of nitrogens with one attached hydrogen (secondary N) is 1. The van der Waals surface area contributed by atoms with Crippen LogP contribution in [-0.2, 0) is 14.2 Å². The van der Waals surface area contributed by atoms with Crippen LogP contribution in [0.1, 0.15) is 50.1 Å². The molecule has 10 heteroatoms. The van der Waals surface area contributed by atoms with Crippen LogP contribution in [0.5, 0.6) is 0 Å². The molecule has 1 saturated heterocycles. The number of ether oxygens (including phenoxy) is 3. The average molecular weight is 561 g/mol. The van der Waals surface area contributed by atoms with Crippen molar-refractivity contribution in [3.8, 4) is 11.5 Å². The van der Waals surface area contributed by atoms with Crippen LogP contribution in [0, 0.1) is 25.3 Å². The van der Waals surface area contributed by atoms with Gasteiger partial charge in [0.25, 0.3) is 5.56 Å². The molecule has 4 rings (SSSR count). The first-order valence-corrected chi connectivity index (χ1v) is 16.5. The minimum Gasteiger partial charge on any atom is -0.459 e. The third-order valence-corrected chi connectivity index (χ3v) is 7.12. The summed E-state index contributed by atoms with van der Waals surface area (Å²) in [6.45, 7) is 9.73. The standard InChI is InChI=1S/C30H32N2O7Si/c1-19-6-10-21(11-7-19)28(34)37-18-25-24(39-29(35)22-12-8-20(2)9-13-22)16-26(38-25)32-17-23(14-15-40(3,4)5)27(33)31-30(32)36/h6-13,17,24-26H,16,18H2,1-5H3,(H,31,33,36)/t24?,25-,26-/m0/s1. The normalized spacial score (nSPS) is 18.5. The maximum atomic E-state index is 12.9. The van der Waals surface area contributed by atoms with E-state index in [2.05, 4.69) is 16.4 Å². The van der Waals surface area contributed by atoms with Gasteiger partial charge in [-0.05, 0) is 38.1 Å². The third-order valence-electron chi connectivity index (χ3n) is 6.24. The fourth-order valence-corrected chi connectivity index (χ4v) is 4.52. The second kappa shape index (κ2) is 11.9. The molecule has 0 saturated carbocycles. The number of aromatic amines is 1. The number of H-pyrrole nitrogens is 1. The summed E-state index contributed by atoms with van der Waals surface area (Å²) in [6, 6.07) is 13.8. The number of benzene rings is 2. The molecule has 1 unspecified atom stereocenters. The van der Waals surface area contributed by atoms with Crippen LogP contribution in [0.25, 0.3) is 0 Å². The van der Waals surface area contributed by atoms with Crippen molar-refractivity contribution >= 4 is 20.0 Å². The molecule has 0 radical (unpaired) electrons. The van der Waals surface area contributed by atoms with Crippen molar-refractivity contribution in [3.63, 3.8) is 0 Å². The van der Waals surface area contributed by atoms with E-state index in [0.29, 0.717) is 11.1 Å². The van der Waals surface area contributed by atoms with E-state index in [1.165, 1.54) is 10.8 Å². The van der Waals surface area contributed by atoms with Gasteiger partial charge in [0.15, 0.2) is 0 Å². The van der Waals surface area contributed by atoms with E-state index in [9.17, 15) is 19.2 Å². The zero-order valence-electron chi connectivity index (χ0n) is 23.1. The van der Waals surface area contributed by atoms with E-state index in [0.717, 1.165) is 11.1 Å². The van der Waals surface area contributed by atoms with Gasteiger partial charge in [-0.3, -0.25) is 14.3 Å². The Balaban J connectivity index is 1.59. The van der Waals surface area contributed by atoms with Crippen molar-refractivity contribution in [2.45, 2.75) is 58.3 Å². The quantitative estimate of drug-likeness (QED) is 0.277. The Bertz CT molecular complexity index is 1570. The molecular weight excluding hydrogens is 528 g/mol. The number of aromatic nitrogens is 2. The van der Waals surface area contributed by atoms with Gasteiger partial charge in [0.2, 0.25) is 0 Å². The summed E-state index contributed by atoms with van der Waals surface area (Å²) in [5.41, 5.74) is 4.70. The van der Waals surface area contributed by atoms with Crippen molar-refractivity contribution in [1.82, 2.24) is 9.55 Å². The average Bonchev–Trinajstić information content (AvgIpc) is 3.29. The molecule has 1 fully saturated rings. The zero-order valence-corrected chi connectivity index (χ0v) is 24.1. The van der Waals surface area contributed by atoms with Crippen LogP contribution in [0.2, 0.25) is 19.6 Å². The van der Waals surface area contributed by atoms with Gasteiger partial charge in [0.1, 0.15) is 38.7 Å². The highest BCUT2D eigenvalue weighted by Crippen LogP contribution is 2.31. The molecule has 1 N–H and O–H groups in total. The second-order valence-electron chi connectivity index (χ2n) is 10.8. The summed E-state index contributed by atoms with van der Waals surface area (Å²) in [7, 11) is -1.79. The second-order valence-corrected chi connectivity index (χ2v) is 15.6. The van der Waals surface area contributed by atoms with Gasteiger partial charge in [-0.2, -0.15) is 0 Å². The van der Waals surface area contributed by atoms with Crippen LogP contribution in [0.4, 0.5) is 0 Å². The number of esters is 2. The Kier molecular flexibility index (Phi) is 8.57. The molecule has 208 valence electrons. The number of hydrogen-bond acceptors (Lipinski definition) is 7. The molecule has 0 bridgehead atoms. The molecule has 3 atom stereocenters. The highest BCUT2D eigenvalue weighted by Gasteiger charge is 2.40. The predicted octanol–water partition coefficient (Wildman–Crippen LogP) is 3.75. The molecule has 2 aromatic carbocycles. The number of nitrogens with zero attached hydrogens (tertiary/aromatic N) is 1. The van der Waals surface area contributed by atoms with E-state index >= 15 is 0 Å². The van der Waals surface area contributed by atoms with Crippen LogP contribution in [-0.4, -0.2) is 48.4 Å². The Morgan fingerprint density at radius 2 is 1.55 bits per heavy atom. The minimum atomic E-state index is -1.79.